The molecule has 0 spiro atoms. The number of rotatable bonds is 7. The summed E-state index contributed by atoms with van der Waals surface area (Å²) in [4.78, 5) is 23.8. The molecule has 1 amide bonds. The number of halogens is 3. The summed E-state index contributed by atoms with van der Waals surface area (Å²) in [5.41, 5.74) is -0.134. The maximum absolute atomic E-state index is 12.5. The molecule has 6 nitrogen and oxygen atoms in total. The number of alkyl halides is 3. The first-order chi connectivity index (χ1) is 13.2. The second kappa shape index (κ2) is 9.12. The second-order valence-electron chi connectivity index (χ2n) is 5.61. The molecule has 0 atom stereocenters. The van der Waals surface area contributed by atoms with Gasteiger partial charge in [-0.2, -0.15) is 13.2 Å². The van der Waals surface area contributed by atoms with Crippen LogP contribution in [0.1, 0.15) is 21.5 Å². The first-order valence-corrected chi connectivity index (χ1v) is 8.06. The van der Waals surface area contributed by atoms with Crippen LogP contribution in [0.5, 0.6) is 11.5 Å². The average molecular weight is 397 g/mol. The predicted molar refractivity (Wildman–Crippen MR) is 93.1 cm³/mol. The molecule has 0 fully saturated rings. The van der Waals surface area contributed by atoms with Crippen LogP contribution in [0.4, 0.5) is 13.2 Å². The molecule has 0 aliphatic carbocycles. The van der Waals surface area contributed by atoms with Crippen LogP contribution >= 0.6 is 0 Å². The summed E-state index contributed by atoms with van der Waals surface area (Å²) in [5.74, 6) is -0.434. The molecule has 0 aromatic heterocycles. The van der Waals surface area contributed by atoms with Gasteiger partial charge in [0.1, 0.15) is 13.2 Å². The van der Waals surface area contributed by atoms with Crippen molar-refractivity contribution < 1.29 is 37.0 Å². The number of esters is 1. The van der Waals surface area contributed by atoms with Crippen molar-refractivity contribution in [3.8, 4) is 11.5 Å². The van der Waals surface area contributed by atoms with E-state index in [1.165, 1.54) is 38.5 Å². The molecule has 2 rings (SSSR count). The molecule has 2 aromatic rings. The first-order valence-electron chi connectivity index (χ1n) is 8.06. The highest BCUT2D eigenvalue weighted by molar-refractivity contribution is 5.96. The second-order valence-corrected chi connectivity index (χ2v) is 5.61. The van der Waals surface area contributed by atoms with Crippen molar-refractivity contribution in [2.75, 3.05) is 20.8 Å². The Morgan fingerprint density at radius 3 is 2.18 bits per heavy atom. The van der Waals surface area contributed by atoms with Crippen molar-refractivity contribution in [3.63, 3.8) is 0 Å². The fourth-order valence-electron chi connectivity index (χ4n) is 2.24. The summed E-state index contributed by atoms with van der Waals surface area (Å²) >= 11 is 0. The van der Waals surface area contributed by atoms with Crippen LogP contribution in [0.15, 0.2) is 42.5 Å². The minimum absolute atomic E-state index is 0.205. The van der Waals surface area contributed by atoms with Gasteiger partial charge in [0.05, 0.1) is 19.8 Å². The van der Waals surface area contributed by atoms with Gasteiger partial charge in [0.2, 0.25) is 0 Å². The predicted octanol–water partition coefficient (Wildman–Crippen LogP) is 3.20. The van der Waals surface area contributed by atoms with Crippen molar-refractivity contribution in [2.24, 2.45) is 0 Å². The Hall–Kier alpha value is -3.23. The van der Waals surface area contributed by atoms with Crippen molar-refractivity contribution >= 4 is 11.9 Å². The Morgan fingerprint density at radius 1 is 0.964 bits per heavy atom. The van der Waals surface area contributed by atoms with Crippen LogP contribution in [0.3, 0.4) is 0 Å². The number of amides is 1. The van der Waals surface area contributed by atoms with Gasteiger partial charge < -0.3 is 19.5 Å². The van der Waals surface area contributed by atoms with E-state index in [0.717, 1.165) is 12.1 Å². The normalized spacial score (nSPS) is 10.9. The molecule has 150 valence electrons. The number of methoxy groups -OCH3 is 2. The minimum Gasteiger partial charge on any atom is -0.493 e. The highest BCUT2D eigenvalue weighted by Crippen LogP contribution is 2.29. The third-order valence-electron chi connectivity index (χ3n) is 3.72. The summed E-state index contributed by atoms with van der Waals surface area (Å²) in [6.45, 7) is -0.600. The van der Waals surface area contributed by atoms with E-state index in [1.807, 2.05) is 0 Å². The van der Waals surface area contributed by atoms with Gasteiger partial charge in [0.15, 0.2) is 11.5 Å². The number of nitrogens with one attached hydrogen (secondary N) is 1. The number of ether oxygens (including phenoxy) is 3. The van der Waals surface area contributed by atoms with E-state index in [9.17, 15) is 22.8 Å². The van der Waals surface area contributed by atoms with Crippen LogP contribution in [0, 0.1) is 0 Å². The molecule has 1 N–H and O–H groups in total. The summed E-state index contributed by atoms with van der Waals surface area (Å²) in [6.07, 6.45) is -4.43. The fourth-order valence-corrected chi connectivity index (χ4v) is 2.24. The highest BCUT2D eigenvalue weighted by Gasteiger charge is 2.29. The van der Waals surface area contributed by atoms with E-state index in [1.54, 1.807) is 6.07 Å². The van der Waals surface area contributed by atoms with Crippen LogP contribution in [0.25, 0.3) is 0 Å². The fraction of sp³-hybridized carbons (Fsp3) is 0.263. The lowest BCUT2D eigenvalue weighted by Crippen LogP contribution is -2.30. The SMILES string of the molecule is COc1ccc(C(=O)NCC(=O)OCc2ccc(C(F)(F)F)cc2)cc1OC. The minimum atomic E-state index is -4.43. The number of hydrogen-bond acceptors (Lipinski definition) is 5. The zero-order valence-electron chi connectivity index (χ0n) is 15.1. The van der Waals surface area contributed by atoms with Gasteiger partial charge in [-0.05, 0) is 35.9 Å². The van der Waals surface area contributed by atoms with Crippen molar-refractivity contribution in [1.82, 2.24) is 5.32 Å². The largest absolute Gasteiger partial charge is 0.493 e. The summed E-state index contributed by atoms with van der Waals surface area (Å²) in [7, 11) is 2.89. The van der Waals surface area contributed by atoms with E-state index >= 15 is 0 Å². The van der Waals surface area contributed by atoms with E-state index in [-0.39, 0.29) is 12.2 Å². The van der Waals surface area contributed by atoms with Crippen LogP contribution in [0.2, 0.25) is 0 Å². The molecule has 0 bridgehead atoms. The standard InChI is InChI=1S/C19H18F3NO5/c1-26-15-8-5-13(9-16(15)27-2)18(25)23-10-17(24)28-11-12-3-6-14(7-4-12)19(20,21)22/h3-9H,10-11H2,1-2H3,(H,23,25). The van der Waals surface area contributed by atoms with Gasteiger partial charge in [0, 0.05) is 5.56 Å². The van der Waals surface area contributed by atoms with Crippen molar-refractivity contribution in [2.45, 2.75) is 12.8 Å². The van der Waals surface area contributed by atoms with Gasteiger partial charge >= 0.3 is 12.1 Å². The molecule has 0 heterocycles. The van der Waals surface area contributed by atoms with Crippen LogP contribution in [-0.4, -0.2) is 32.6 Å². The zero-order chi connectivity index (χ0) is 20.7. The number of hydrogen-bond donors (Lipinski definition) is 1. The molecule has 9 heteroatoms. The van der Waals surface area contributed by atoms with Gasteiger partial charge in [-0.25, -0.2) is 0 Å². The molecule has 0 saturated carbocycles. The molecule has 0 aliphatic heterocycles. The summed E-state index contributed by atoms with van der Waals surface area (Å²) in [5, 5.41) is 2.39. The Kier molecular flexibility index (Phi) is 6.86. The lowest BCUT2D eigenvalue weighted by Gasteiger charge is -2.10. The summed E-state index contributed by atoms with van der Waals surface area (Å²) < 4.78 is 52.6. The highest BCUT2D eigenvalue weighted by atomic mass is 19.4. The Bertz CT molecular complexity index is 834. The first kappa shape index (κ1) is 21.1. The van der Waals surface area contributed by atoms with E-state index in [2.05, 4.69) is 5.32 Å². The Balaban J connectivity index is 1.84. The van der Waals surface area contributed by atoms with Gasteiger partial charge in [0.25, 0.3) is 5.91 Å². The molecule has 0 saturated heterocycles. The maximum Gasteiger partial charge on any atom is 0.416 e. The smallest absolute Gasteiger partial charge is 0.416 e. The molecule has 0 aliphatic rings. The monoisotopic (exact) mass is 397 g/mol. The average Bonchev–Trinajstić information content (AvgIpc) is 2.69. The van der Waals surface area contributed by atoms with Crippen LogP contribution < -0.4 is 14.8 Å². The summed E-state index contributed by atoms with van der Waals surface area (Å²) in [6, 6.07) is 8.77. The van der Waals surface area contributed by atoms with E-state index in [0.29, 0.717) is 17.1 Å². The molecular weight excluding hydrogens is 379 g/mol. The van der Waals surface area contributed by atoms with Gasteiger partial charge in [-0.15, -0.1) is 0 Å². The maximum atomic E-state index is 12.5. The number of benzene rings is 2. The quantitative estimate of drug-likeness (QED) is 0.727. The van der Waals surface area contributed by atoms with Crippen molar-refractivity contribution in [3.05, 3.63) is 59.2 Å². The zero-order valence-corrected chi connectivity index (χ0v) is 15.1. The molecule has 28 heavy (non-hydrogen) atoms. The van der Waals surface area contributed by atoms with E-state index < -0.39 is 30.2 Å². The van der Waals surface area contributed by atoms with Crippen LogP contribution in [-0.2, 0) is 22.3 Å². The Labute approximate surface area is 159 Å². The number of carbonyl (C=O) groups is 2. The van der Waals surface area contributed by atoms with E-state index in [4.69, 9.17) is 14.2 Å². The topological polar surface area (TPSA) is 73.9 Å². The lowest BCUT2D eigenvalue weighted by atomic mass is 10.1. The lowest BCUT2D eigenvalue weighted by molar-refractivity contribution is -0.143. The van der Waals surface area contributed by atoms with Crippen molar-refractivity contribution in [1.29, 1.82) is 0 Å². The van der Waals surface area contributed by atoms with Gasteiger partial charge in [-0.3, -0.25) is 9.59 Å². The van der Waals surface area contributed by atoms with Gasteiger partial charge in [-0.1, -0.05) is 12.1 Å². The third-order valence-corrected chi connectivity index (χ3v) is 3.72. The molecule has 0 radical (unpaired) electrons. The Morgan fingerprint density at radius 2 is 1.61 bits per heavy atom. The molecular formula is C19H18F3NO5. The number of carbonyl (C=O) groups excluding carboxylic acids is 2. The molecule has 0 unspecified atom stereocenters. The molecule has 2 aromatic carbocycles. The third kappa shape index (κ3) is 5.63.